The molecule has 0 aromatic heterocycles. The molecule has 0 spiro atoms. The van der Waals surface area contributed by atoms with Crippen molar-refractivity contribution in [3.05, 3.63) is 101 Å². The number of anilines is 1. The normalized spacial score (nSPS) is 11.8. The lowest BCUT2D eigenvalue weighted by Gasteiger charge is -2.20. The molecular weight excluding hydrogens is 612 g/mol. The number of nitrogens with one attached hydrogen (secondary N) is 3. The van der Waals surface area contributed by atoms with Crippen molar-refractivity contribution in [2.24, 2.45) is 11.7 Å². The maximum atomic E-state index is 13.7. The molecule has 238 valence electrons. The number of amidine groups is 1. The van der Waals surface area contributed by atoms with Crippen molar-refractivity contribution in [2.75, 3.05) is 18.7 Å². The van der Waals surface area contributed by atoms with E-state index in [1.54, 1.807) is 74.5 Å². The van der Waals surface area contributed by atoms with Gasteiger partial charge in [0.15, 0.2) is 0 Å². The van der Waals surface area contributed by atoms with E-state index in [0.717, 1.165) is 6.07 Å². The summed E-state index contributed by atoms with van der Waals surface area (Å²) in [5.41, 5.74) is 6.51. The molecule has 1 atom stereocenters. The minimum Gasteiger partial charge on any atom is -0.467 e. The highest BCUT2D eigenvalue weighted by Gasteiger charge is 2.28. The number of nitrogens with two attached hydrogens (primary N) is 1. The van der Waals surface area contributed by atoms with E-state index < -0.39 is 39.9 Å². The number of methoxy groups -OCH3 is 1. The molecule has 0 saturated carbocycles. The number of benzene rings is 4. The van der Waals surface area contributed by atoms with Gasteiger partial charge in [-0.25, -0.2) is 9.59 Å². The van der Waals surface area contributed by atoms with Crippen LogP contribution < -0.4 is 16.4 Å². The predicted octanol–water partition coefficient (Wildman–Crippen LogP) is 4.09. The number of fused-ring (bicyclic) bond motifs is 1. The zero-order valence-electron chi connectivity index (χ0n) is 25.4. The van der Waals surface area contributed by atoms with Gasteiger partial charge in [0.1, 0.15) is 11.9 Å². The second kappa shape index (κ2) is 13.6. The third-order valence-corrected chi connectivity index (χ3v) is 7.47. The monoisotopic (exact) mass is 644 g/mol. The number of hydrogen-bond acceptors (Lipinski definition) is 9. The lowest BCUT2D eigenvalue weighted by Crippen LogP contribution is -2.45. The molecule has 12 nitrogen and oxygen atoms in total. The number of carbonyl (C=O) groups is 4. The highest BCUT2D eigenvalue weighted by atomic mass is 32.2. The van der Waals surface area contributed by atoms with E-state index in [9.17, 15) is 27.6 Å². The van der Waals surface area contributed by atoms with E-state index >= 15 is 0 Å². The van der Waals surface area contributed by atoms with Gasteiger partial charge in [0.25, 0.3) is 11.8 Å². The van der Waals surface area contributed by atoms with Crippen LogP contribution in [0.25, 0.3) is 21.9 Å². The third kappa shape index (κ3) is 7.74. The molecule has 0 aliphatic rings. The predicted molar refractivity (Wildman–Crippen MR) is 173 cm³/mol. The van der Waals surface area contributed by atoms with Crippen molar-refractivity contribution in [1.29, 1.82) is 5.41 Å². The zero-order valence-corrected chi connectivity index (χ0v) is 26.2. The highest BCUT2D eigenvalue weighted by Crippen LogP contribution is 2.33. The van der Waals surface area contributed by atoms with E-state index in [-0.39, 0.29) is 39.6 Å². The lowest BCUT2D eigenvalue weighted by atomic mass is 9.91. The Hall–Kier alpha value is -5.56. The Kier molecular flexibility index (Phi) is 9.86. The molecule has 1 unspecified atom stereocenters. The summed E-state index contributed by atoms with van der Waals surface area (Å²) >= 11 is 0. The lowest BCUT2D eigenvalue weighted by molar-refractivity contribution is -0.144. The first kappa shape index (κ1) is 33.3. The van der Waals surface area contributed by atoms with Gasteiger partial charge in [-0.05, 0) is 76.3 Å². The van der Waals surface area contributed by atoms with E-state index in [2.05, 4.69) is 10.6 Å². The summed E-state index contributed by atoms with van der Waals surface area (Å²) in [6.07, 6.45) is 0.705. The Morgan fingerprint density at radius 3 is 1.98 bits per heavy atom. The quantitative estimate of drug-likeness (QED) is 0.0851. The van der Waals surface area contributed by atoms with Crippen LogP contribution in [-0.4, -0.2) is 57.4 Å². The Balaban J connectivity index is 1.86. The van der Waals surface area contributed by atoms with Crippen LogP contribution in [0.15, 0.2) is 78.9 Å². The van der Waals surface area contributed by atoms with Gasteiger partial charge in [-0.3, -0.25) is 15.0 Å². The number of rotatable bonds is 10. The summed E-state index contributed by atoms with van der Waals surface area (Å²) in [5, 5.41) is 14.4. The molecular formula is C33H32N4O8S. The van der Waals surface area contributed by atoms with Gasteiger partial charge in [-0.2, -0.15) is 8.42 Å². The van der Waals surface area contributed by atoms with Gasteiger partial charge >= 0.3 is 22.1 Å². The summed E-state index contributed by atoms with van der Waals surface area (Å²) in [6, 6.07) is 19.7. The minimum atomic E-state index is -4.27. The van der Waals surface area contributed by atoms with Crippen molar-refractivity contribution in [2.45, 2.75) is 19.9 Å². The average molecular weight is 645 g/mol. The molecule has 46 heavy (non-hydrogen) atoms. The van der Waals surface area contributed by atoms with Crippen molar-refractivity contribution in [3.8, 4) is 11.1 Å². The van der Waals surface area contributed by atoms with Gasteiger partial charge < -0.3 is 25.3 Å². The van der Waals surface area contributed by atoms with Crippen LogP contribution in [-0.2, 0) is 23.8 Å². The Morgan fingerprint density at radius 1 is 0.804 bits per heavy atom. The van der Waals surface area contributed by atoms with Gasteiger partial charge in [-0.1, -0.05) is 44.2 Å². The maximum Gasteiger partial charge on any atom is 0.354 e. The molecule has 4 aromatic rings. The van der Waals surface area contributed by atoms with Crippen LogP contribution in [0.2, 0.25) is 0 Å². The summed E-state index contributed by atoms with van der Waals surface area (Å²) in [6.45, 7) is 3.42. The Labute approximate surface area is 265 Å². The number of esters is 1. The molecule has 0 heterocycles. The first-order valence-corrected chi connectivity index (χ1v) is 15.8. The SMILES string of the molecule is COC(=O)C(NC(=O)c1ccc(-c2cc3ccccc3cc2C(=O)Nc2ccc(C(=N)N)cc2)c(C(=O)OS(C)(=O)=O)c1)C(C)C. The van der Waals surface area contributed by atoms with Crippen LogP contribution in [0.5, 0.6) is 0 Å². The molecule has 0 saturated heterocycles. The number of ether oxygens (including phenoxy) is 1. The fraction of sp³-hybridized carbons (Fsp3) is 0.182. The number of nitrogen functional groups attached to an aromatic ring is 1. The second-order valence-corrected chi connectivity index (χ2v) is 12.3. The van der Waals surface area contributed by atoms with Crippen molar-refractivity contribution >= 4 is 56.2 Å². The van der Waals surface area contributed by atoms with Gasteiger partial charge in [0.2, 0.25) is 0 Å². The van der Waals surface area contributed by atoms with Crippen molar-refractivity contribution in [1.82, 2.24) is 5.32 Å². The highest BCUT2D eigenvalue weighted by molar-refractivity contribution is 7.86. The first-order chi connectivity index (χ1) is 21.7. The van der Waals surface area contributed by atoms with Crippen LogP contribution in [0.4, 0.5) is 5.69 Å². The van der Waals surface area contributed by atoms with Crippen LogP contribution in [0, 0.1) is 11.3 Å². The van der Waals surface area contributed by atoms with Gasteiger partial charge in [0.05, 0.1) is 18.9 Å². The van der Waals surface area contributed by atoms with Crippen molar-refractivity contribution in [3.63, 3.8) is 0 Å². The number of amides is 2. The van der Waals surface area contributed by atoms with E-state index in [0.29, 0.717) is 28.3 Å². The summed E-state index contributed by atoms with van der Waals surface area (Å²) in [5.74, 6) is -3.69. The van der Waals surface area contributed by atoms with Crippen LogP contribution in [0.1, 0.15) is 50.5 Å². The van der Waals surface area contributed by atoms with Crippen LogP contribution in [0.3, 0.4) is 0 Å². The number of hydrogen-bond donors (Lipinski definition) is 4. The zero-order chi connectivity index (χ0) is 33.8. The number of carbonyl (C=O) groups excluding carboxylic acids is 4. The second-order valence-electron chi connectivity index (χ2n) is 10.7. The molecule has 0 fully saturated rings. The van der Waals surface area contributed by atoms with E-state index in [1.807, 2.05) is 0 Å². The van der Waals surface area contributed by atoms with Gasteiger partial charge in [0, 0.05) is 22.4 Å². The fourth-order valence-corrected chi connectivity index (χ4v) is 5.07. The summed E-state index contributed by atoms with van der Waals surface area (Å²) in [7, 11) is -3.08. The van der Waals surface area contributed by atoms with E-state index in [4.69, 9.17) is 20.1 Å². The fourth-order valence-electron chi connectivity index (χ4n) is 4.70. The standard InChI is InChI=1S/C33H32N4O8S/c1-18(2)28(33(41)44-3)37-30(38)22-11-14-24(27(17-22)32(40)45-46(4,42)43)25-15-20-7-5-6-8-21(20)16-26(25)31(39)36-23-12-9-19(10-13-23)29(34)35/h5-18,28H,1-4H3,(H3,34,35)(H,36,39)(H,37,38). The van der Waals surface area contributed by atoms with Gasteiger partial charge in [-0.15, -0.1) is 0 Å². The molecule has 4 rings (SSSR count). The molecule has 0 aliphatic carbocycles. The molecule has 2 amide bonds. The molecule has 0 radical (unpaired) electrons. The summed E-state index contributed by atoms with van der Waals surface area (Å²) in [4.78, 5) is 52.5. The van der Waals surface area contributed by atoms with Crippen LogP contribution >= 0.6 is 0 Å². The molecule has 0 bridgehead atoms. The van der Waals surface area contributed by atoms with E-state index in [1.165, 1.54) is 19.2 Å². The third-order valence-electron chi connectivity index (χ3n) is 7.01. The first-order valence-electron chi connectivity index (χ1n) is 13.9. The average Bonchev–Trinajstić information content (AvgIpc) is 3.01. The Bertz CT molecular complexity index is 1970. The van der Waals surface area contributed by atoms with Crippen molar-refractivity contribution < 1.29 is 36.5 Å². The topological polar surface area (TPSA) is 195 Å². The largest absolute Gasteiger partial charge is 0.467 e. The maximum absolute atomic E-state index is 13.7. The summed E-state index contributed by atoms with van der Waals surface area (Å²) < 4.78 is 33.4. The molecule has 4 aromatic carbocycles. The smallest absolute Gasteiger partial charge is 0.354 e. The molecule has 0 aliphatic heterocycles. The molecule has 5 N–H and O–H groups in total. The Morgan fingerprint density at radius 2 is 1.41 bits per heavy atom. The molecule has 13 heteroatoms. The minimum absolute atomic E-state index is 0.0731.